The summed E-state index contributed by atoms with van der Waals surface area (Å²) in [6.45, 7) is 20.7. The maximum atomic E-state index is 12.2. The van der Waals surface area contributed by atoms with E-state index in [9.17, 15) is 15.3 Å². The smallest absolute Gasteiger partial charge is 0.161 e. The normalized spacial score (nSPS) is 34.9. The zero-order chi connectivity index (χ0) is 36.6. The molecule has 0 aromatic rings. The first-order chi connectivity index (χ1) is 22.3. The Labute approximate surface area is 292 Å². The molecule has 0 saturated carbocycles. The highest BCUT2D eigenvalue weighted by Gasteiger charge is 2.49. The van der Waals surface area contributed by atoms with Crippen molar-refractivity contribution in [1.82, 2.24) is 4.90 Å². The Hall–Kier alpha value is -0.440. The van der Waals surface area contributed by atoms with Gasteiger partial charge in [0.05, 0.1) is 54.4 Å². The molecule has 0 spiro atoms. The summed E-state index contributed by atoms with van der Waals surface area (Å²) in [7, 11) is 5.74. The average molecular weight is 691 g/mol. The van der Waals surface area contributed by atoms with Crippen LogP contribution in [0.2, 0.25) is 0 Å². The standard InChI is InChI=1S/C37H74N2O9/c1-14-29(40)25(6)30(15-2)44-21-23(4)33(47-32-19-37(10,43-13)34(41)27(8)46-32)26(7)35(36(9,42)18-22(3)20-38)48-31-17-28(39(11)12)16-24(5)45-31/h22-35,40-42H,14-21,38H2,1-13H3/t22?,23-,24?,25-,26?,27?,28?,29+,30-,31-,32?,33?,34?,35?,36-,37?/m0/s1. The summed E-state index contributed by atoms with van der Waals surface area (Å²) >= 11 is 0. The third-order valence-corrected chi connectivity index (χ3v) is 11.2. The molecule has 2 aliphatic rings. The fraction of sp³-hybridized carbons (Fsp3) is 1.00. The van der Waals surface area contributed by atoms with Gasteiger partial charge >= 0.3 is 0 Å². The molecule has 2 rings (SSSR count). The molecule has 0 bridgehead atoms. The van der Waals surface area contributed by atoms with E-state index in [-0.39, 0.29) is 41.9 Å². The zero-order valence-electron chi connectivity index (χ0n) is 32.6. The third-order valence-electron chi connectivity index (χ3n) is 11.2. The molecule has 2 fully saturated rings. The van der Waals surface area contributed by atoms with Gasteiger partial charge in [-0.05, 0) is 79.9 Å². The van der Waals surface area contributed by atoms with Gasteiger partial charge in [0.25, 0.3) is 0 Å². The van der Waals surface area contributed by atoms with Crippen LogP contribution in [0.15, 0.2) is 0 Å². The number of hydrogen-bond acceptors (Lipinski definition) is 11. The molecule has 11 nitrogen and oxygen atoms in total. The minimum absolute atomic E-state index is 0.00102. The van der Waals surface area contributed by atoms with Gasteiger partial charge < -0.3 is 54.4 Å². The van der Waals surface area contributed by atoms with Gasteiger partial charge in [-0.15, -0.1) is 0 Å². The fourth-order valence-corrected chi connectivity index (χ4v) is 7.84. The van der Waals surface area contributed by atoms with Crippen LogP contribution < -0.4 is 5.73 Å². The van der Waals surface area contributed by atoms with E-state index in [2.05, 4.69) is 46.7 Å². The molecule has 10 unspecified atom stereocenters. The second-order valence-electron chi connectivity index (χ2n) is 15.9. The maximum Gasteiger partial charge on any atom is 0.161 e. The summed E-state index contributed by atoms with van der Waals surface area (Å²) in [6, 6.07) is 0.281. The topological polar surface area (TPSA) is 145 Å². The van der Waals surface area contributed by atoms with E-state index in [1.54, 1.807) is 7.11 Å². The second kappa shape index (κ2) is 19.4. The maximum absolute atomic E-state index is 12.2. The molecule has 286 valence electrons. The highest BCUT2D eigenvalue weighted by Crippen LogP contribution is 2.39. The first-order valence-electron chi connectivity index (χ1n) is 18.6. The second-order valence-corrected chi connectivity index (χ2v) is 15.9. The van der Waals surface area contributed by atoms with E-state index < -0.39 is 54.3 Å². The van der Waals surface area contributed by atoms with Crippen LogP contribution in [-0.2, 0) is 28.4 Å². The van der Waals surface area contributed by atoms with Crippen molar-refractivity contribution < 1.29 is 43.7 Å². The lowest BCUT2D eigenvalue weighted by molar-refractivity contribution is -0.310. The molecule has 2 aliphatic heterocycles. The van der Waals surface area contributed by atoms with E-state index in [1.807, 2.05) is 41.5 Å². The first-order valence-corrected chi connectivity index (χ1v) is 18.6. The number of nitrogens with zero attached hydrogens (tertiary/aromatic N) is 1. The fourth-order valence-electron chi connectivity index (χ4n) is 7.84. The summed E-state index contributed by atoms with van der Waals surface area (Å²) in [5, 5.41) is 33.7. The average Bonchev–Trinajstić information content (AvgIpc) is 3.03. The summed E-state index contributed by atoms with van der Waals surface area (Å²) in [4.78, 5) is 2.21. The molecule has 0 aromatic heterocycles. The number of aliphatic hydroxyl groups is 3. The van der Waals surface area contributed by atoms with Gasteiger partial charge in [-0.3, -0.25) is 0 Å². The Morgan fingerprint density at radius 2 is 1.65 bits per heavy atom. The van der Waals surface area contributed by atoms with Gasteiger partial charge in [0.2, 0.25) is 0 Å². The molecule has 2 heterocycles. The van der Waals surface area contributed by atoms with Crippen molar-refractivity contribution in [3.8, 4) is 0 Å². The Morgan fingerprint density at radius 3 is 2.19 bits per heavy atom. The zero-order valence-corrected chi connectivity index (χ0v) is 32.6. The van der Waals surface area contributed by atoms with Crippen LogP contribution in [0.1, 0.15) is 108 Å². The molecule has 16 atom stereocenters. The van der Waals surface area contributed by atoms with Crippen LogP contribution in [0.25, 0.3) is 0 Å². The molecule has 5 N–H and O–H groups in total. The highest BCUT2D eigenvalue weighted by atomic mass is 16.7. The Kier molecular flexibility index (Phi) is 17.7. The van der Waals surface area contributed by atoms with E-state index >= 15 is 0 Å². The monoisotopic (exact) mass is 691 g/mol. The molecule has 0 aromatic carbocycles. The molecular formula is C37H74N2O9. The largest absolute Gasteiger partial charge is 0.393 e. The van der Waals surface area contributed by atoms with Crippen molar-refractivity contribution in [1.29, 1.82) is 0 Å². The van der Waals surface area contributed by atoms with Crippen molar-refractivity contribution in [3.05, 3.63) is 0 Å². The quantitative estimate of drug-likeness (QED) is 0.145. The molecule has 48 heavy (non-hydrogen) atoms. The van der Waals surface area contributed by atoms with Crippen molar-refractivity contribution in [2.24, 2.45) is 29.4 Å². The lowest BCUT2D eigenvalue weighted by atomic mass is 9.78. The van der Waals surface area contributed by atoms with Gasteiger partial charge in [0.1, 0.15) is 6.10 Å². The highest BCUT2D eigenvalue weighted by molar-refractivity contribution is 4.96. The molecule has 2 saturated heterocycles. The van der Waals surface area contributed by atoms with Crippen molar-refractivity contribution in [3.63, 3.8) is 0 Å². The summed E-state index contributed by atoms with van der Waals surface area (Å²) in [6.07, 6.45) is -0.513. The predicted octanol–water partition coefficient (Wildman–Crippen LogP) is 4.32. The van der Waals surface area contributed by atoms with Gasteiger partial charge in [0.15, 0.2) is 12.6 Å². The molecule has 11 heteroatoms. The van der Waals surface area contributed by atoms with Crippen molar-refractivity contribution in [2.75, 3.05) is 34.4 Å². The minimum Gasteiger partial charge on any atom is -0.393 e. The van der Waals surface area contributed by atoms with Crippen LogP contribution >= 0.6 is 0 Å². The summed E-state index contributed by atoms with van der Waals surface area (Å²) in [5.41, 5.74) is 3.93. The van der Waals surface area contributed by atoms with Crippen LogP contribution in [-0.4, -0.2) is 127 Å². The number of nitrogens with two attached hydrogens (primary N) is 1. The first kappa shape index (κ1) is 43.7. The Bertz CT molecular complexity index is 912. The van der Waals surface area contributed by atoms with E-state index in [0.717, 1.165) is 12.8 Å². The lowest BCUT2D eigenvalue weighted by Gasteiger charge is -2.48. The summed E-state index contributed by atoms with van der Waals surface area (Å²) in [5.74, 6) is -0.475. The number of methoxy groups -OCH3 is 1. The van der Waals surface area contributed by atoms with E-state index in [4.69, 9.17) is 34.2 Å². The van der Waals surface area contributed by atoms with Crippen LogP contribution in [0.4, 0.5) is 0 Å². The Morgan fingerprint density at radius 1 is 1.00 bits per heavy atom. The van der Waals surface area contributed by atoms with Gasteiger partial charge in [-0.1, -0.05) is 41.5 Å². The molecular weight excluding hydrogens is 616 g/mol. The predicted molar refractivity (Wildman–Crippen MR) is 188 cm³/mol. The summed E-state index contributed by atoms with van der Waals surface area (Å²) < 4.78 is 38.6. The molecule has 0 radical (unpaired) electrons. The van der Waals surface area contributed by atoms with Crippen LogP contribution in [0.5, 0.6) is 0 Å². The Balaban J connectivity index is 2.50. The van der Waals surface area contributed by atoms with Gasteiger partial charge in [0, 0.05) is 43.7 Å². The number of rotatable bonds is 20. The van der Waals surface area contributed by atoms with Gasteiger partial charge in [-0.25, -0.2) is 0 Å². The van der Waals surface area contributed by atoms with Crippen molar-refractivity contribution in [2.45, 2.75) is 180 Å². The third kappa shape index (κ3) is 11.8. The van der Waals surface area contributed by atoms with E-state index in [0.29, 0.717) is 38.8 Å². The van der Waals surface area contributed by atoms with Gasteiger partial charge in [-0.2, -0.15) is 0 Å². The van der Waals surface area contributed by atoms with Crippen LogP contribution in [0, 0.1) is 23.7 Å². The minimum atomic E-state index is -1.26. The SMILES string of the molecule is CC[C@@H](O)[C@H](C)[C@H](CC)OC[C@H](C)C(OC1CC(C)(OC)C(O)C(C)O1)C(C)C(O[C@H]1CC(N(C)C)CC(C)O1)[C@@](C)(O)CC(C)CN. The van der Waals surface area contributed by atoms with Crippen LogP contribution in [0.3, 0.4) is 0 Å². The lowest BCUT2D eigenvalue weighted by Crippen LogP contribution is -2.58. The molecule has 0 amide bonds. The van der Waals surface area contributed by atoms with E-state index in [1.165, 1.54) is 0 Å². The number of ether oxygens (including phenoxy) is 6. The molecule has 0 aliphatic carbocycles. The number of aliphatic hydroxyl groups excluding tert-OH is 2. The number of hydrogen-bond donors (Lipinski definition) is 4. The van der Waals surface area contributed by atoms with Crippen molar-refractivity contribution >= 4 is 0 Å².